The smallest absolute Gasteiger partial charge is 0.304 e. The minimum absolute atomic E-state index is 0.00906. The largest absolute Gasteiger partial charge is 0.496 e. The van der Waals surface area contributed by atoms with Crippen LogP contribution in [0.25, 0.3) is 0 Å². The first-order valence-electron chi connectivity index (χ1n) is 5.46. The van der Waals surface area contributed by atoms with Crippen molar-refractivity contribution in [2.75, 3.05) is 14.2 Å². The maximum Gasteiger partial charge on any atom is 0.304 e. The third-order valence-electron chi connectivity index (χ3n) is 2.78. The summed E-state index contributed by atoms with van der Waals surface area (Å²) in [5.41, 5.74) is 0.233. The standard InChI is InChI=1S/C13H17BrO4/c1-13(2,7-10(15)16)11-8(17-3)5-6-9(18-4)12(11)14/h5-6H,7H2,1-4H3,(H,15,16). The van der Waals surface area contributed by atoms with Gasteiger partial charge in [-0.15, -0.1) is 0 Å². The average molecular weight is 317 g/mol. The summed E-state index contributed by atoms with van der Waals surface area (Å²) in [5.74, 6) is 0.454. The van der Waals surface area contributed by atoms with Gasteiger partial charge in [0.2, 0.25) is 0 Å². The highest BCUT2D eigenvalue weighted by Crippen LogP contribution is 2.43. The van der Waals surface area contributed by atoms with Gasteiger partial charge in [0.15, 0.2) is 0 Å². The predicted molar refractivity (Wildman–Crippen MR) is 72.5 cm³/mol. The number of benzene rings is 1. The molecule has 0 radical (unpaired) electrons. The van der Waals surface area contributed by atoms with Gasteiger partial charge >= 0.3 is 5.97 Å². The van der Waals surface area contributed by atoms with Crippen molar-refractivity contribution in [3.8, 4) is 11.5 Å². The maximum absolute atomic E-state index is 11.0. The fraction of sp³-hybridized carbons (Fsp3) is 0.462. The van der Waals surface area contributed by atoms with Crippen LogP contribution in [-0.2, 0) is 10.2 Å². The molecule has 0 spiro atoms. The highest BCUT2D eigenvalue weighted by molar-refractivity contribution is 9.10. The number of hydrogen-bond donors (Lipinski definition) is 1. The van der Waals surface area contributed by atoms with Gasteiger partial charge in [-0.1, -0.05) is 13.8 Å². The van der Waals surface area contributed by atoms with E-state index in [1.807, 2.05) is 13.8 Å². The van der Waals surface area contributed by atoms with Crippen molar-refractivity contribution in [2.24, 2.45) is 0 Å². The number of ether oxygens (including phenoxy) is 2. The molecule has 1 aromatic carbocycles. The van der Waals surface area contributed by atoms with Crippen LogP contribution in [0.15, 0.2) is 16.6 Å². The number of methoxy groups -OCH3 is 2. The Morgan fingerprint density at radius 3 is 2.22 bits per heavy atom. The summed E-state index contributed by atoms with van der Waals surface area (Å²) in [6, 6.07) is 3.56. The molecular formula is C13H17BrO4. The van der Waals surface area contributed by atoms with Gasteiger partial charge in [0, 0.05) is 11.0 Å². The molecule has 0 aliphatic carbocycles. The minimum atomic E-state index is -0.850. The van der Waals surface area contributed by atoms with Gasteiger partial charge in [0.25, 0.3) is 0 Å². The van der Waals surface area contributed by atoms with Gasteiger partial charge in [-0.25, -0.2) is 0 Å². The molecule has 100 valence electrons. The Labute approximate surface area is 115 Å². The molecule has 0 amide bonds. The van der Waals surface area contributed by atoms with Crippen LogP contribution in [0.3, 0.4) is 0 Å². The van der Waals surface area contributed by atoms with Crippen molar-refractivity contribution < 1.29 is 19.4 Å². The first-order valence-corrected chi connectivity index (χ1v) is 6.25. The Kier molecular flexibility index (Phi) is 4.62. The van der Waals surface area contributed by atoms with Crippen LogP contribution in [0.5, 0.6) is 11.5 Å². The molecule has 1 aromatic rings. The van der Waals surface area contributed by atoms with E-state index in [9.17, 15) is 4.79 Å². The van der Waals surface area contributed by atoms with E-state index in [2.05, 4.69) is 15.9 Å². The molecule has 1 rings (SSSR count). The Morgan fingerprint density at radius 1 is 1.28 bits per heavy atom. The van der Waals surface area contributed by atoms with E-state index in [-0.39, 0.29) is 6.42 Å². The zero-order valence-corrected chi connectivity index (χ0v) is 12.5. The third kappa shape index (κ3) is 2.96. The highest BCUT2D eigenvalue weighted by atomic mass is 79.9. The molecular weight excluding hydrogens is 300 g/mol. The van der Waals surface area contributed by atoms with Crippen molar-refractivity contribution in [3.05, 3.63) is 22.2 Å². The van der Waals surface area contributed by atoms with Crippen molar-refractivity contribution in [1.29, 1.82) is 0 Å². The van der Waals surface area contributed by atoms with Crippen LogP contribution in [0.2, 0.25) is 0 Å². The molecule has 0 heterocycles. The Morgan fingerprint density at radius 2 is 1.78 bits per heavy atom. The molecule has 0 saturated carbocycles. The molecule has 0 saturated heterocycles. The van der Waals surface area contributed by atoms with Gasteiger partial charge in [-0.2, -0.15) is 0 Å². The Balaban J connectivity index is 3.40. The molecule has 0 fully saturated rings. The molecule has 18 heavy (non-hydrogen) atoms. The number of aliphatic carboxylic acids is 1. The van der Waals surface area contributed by atoms with Crippen LogP contribution in [0.1, 0.15) is 25.8 Å². The molecule has 0 unspecified atom stereocenters. The lowest BCUT2D eigenvalue weighted by Gasteiger charge is -2.27. The quantitative estimate of drug-likeness (QED) is 0.906. The fourth-order valence-corrected chi connectivity index (χ4v) is 2.99. The van der Waals surface area contributed by atoms with Crippen LogP contribution >= 0.6 is 15.9 Å². The SMILES string of the molecule is COc1ccc(OC)c(C(C)(C)CC(=O)O)c1Br. The number of carboxylic acids is 1. The lowest BCUT2D eigenvalue weighted by Crippen LogP contribution is -2.23. The number of carboxylic acid groups (broad SMARTS) is 1. The number of hydrogen-bond acceptors (Lipinski definition) is 3. The van der Waals surface area contributed by atoms with Crippen molar-refractivity contribution >= 4 is 21.9 Å². The molecule has 0 aromatic heterocycles. The highest BCUT2D eigenvalue weighted by Gasteiger charge is 2.31. The average Bonchev–Trinajstić information content (AvgIpc) is 2.26. The van der Waals surface area contributed by atoms with Crippen molar-refractivity contribution in [2.45, 2.75) is 25.7 Å². The van der Waals surface area contributed by atoms with E-state index < -0.39 is 11.4 Å². The van der Waals surface area contributed by atoms with Crippen LogP contribution in [0, 0.1) is 0 Å². The second-order valence-electron chi connectivity index (χ2n) is 4.61. The summed E-state index contributed by atoms with van der Waals surface area (Å²) in [7, 11) is 3.13. The van der Waals surface area contributed by atoms with Crippen molar-refractivity contribution in [1.82, 2.24) is 0 Å². The molecule has 4 nitrogen and oxygen atoms in total. The lowest BCUT2D eigenvalue weighted by atomic mass is 9.81. The van der Waals surface area contributed by atoms with Crippen LogP contribution in [0.4, 0.5) is 0 Å². The number of halogens is 1. The van der Waals surface area contributed by atoms with Gasteiger partial charge < -0.3 is 14.6 Å². The maximum atomic E-state index is 11.0. The van der Waals surface area contributed by atoms with Gasteiger partial charge in [0.05, 0.1) is 25.1 Å². The van der Waals surface area contributed by atoms with E-state index in [1.165, 1.54) is 0 Å². The first-order chi connectivity index (χ1) is 8.33. The Hall–Kier alpha value is -1.23. The molecule has 0 aliphatic heterocycles. The molecule has 1 N–H and O–H groups in total. The molecule has 0 bridgehead atoms. The zero-order valence-electron chi connectivity index (χ0n) is 10.9. The predicted octanol–water partition coefficient (Wildman–Crippen LogP) is 3.22. The first kappa shape index (κ1) is 14.8. The lowest BCUT2D eigenvalue weighted by molar-refractivity contribution is -0.138. The summed E-state index contributed by atoms with van der Waals surface area (Å²) in [6.07, 6.45) is 0.00906. The summed E-state index contributed by atoms with van der Waals surface area (Å²) in [4.78, 5) is 11.0. The van der Waals surface area contributed by atoms with E-state index in [1.54, 1.807) is 26.4 Å². The van der Waals surface area contributed by atoms with Crippen molar-refractivity contribution in [3.63, 3.8) is 0 Å². The Bertz CT molecular complexity index is 455. The monoisotopic (exact) mass is 316 g/mol. The van der Waals surface area contributed by atoms with Gasteiger partial charge in [0.1, 0.15) is 11.5 Å². The second-order valence-corrected chi connectivity index (χ2v) is 5.41. The van der Waals surface area contributed by atoms with Crippen LogP contribution in [-0.4, -0.2) is 25.3 Å². The third-order valence-corrected chi connectivity index (χ3v) is 3.57. The van der Waals surface area contributed by atoms with E-state index in [0.717, 1.165) is 10.0 Å². The fourth-order valence-electron chi connectivity index (χ4n) is 1.96. The van der Waals surface area contributed by atoms with E-state index in [0.29, 0.717) is 11.5 Å². The summed E-state index contributed by atoms with van der Waals surface area (Å²) < 4.78 is 11.3. The zero-order chi connectivity index (χ0) is 13.9. The van der Waals surface area contributed by atoms with E-state index >= 15 is 0 Å². The topological polar surface area (TPSA) is 55.8 Å². The number of rotatable bonds is 5. The van der Waals surface area contributed by atoms with Gasteiger partial charge in [-0.05, 0) is 28.1 Å². The molecule has 5 heteroatoms. The van der Waals surface area contributed by atoms with Crippen LogP contribution < -0.4 is 9.47 Å². The summed E-state index contributed by atoms with van der Waals surface area (Å²) >= 11 is 3.46. The minimum Gasteiger partial charge on any atom is -0.496 e. The summed E-state index contributed by atoms with van der Waals surface area (Å²) in [6.45, 7) is 3.73. The van der Waals surface area contributed by atoms with Gasteiger partial charge in [-0.3, -0.25) is 4.79 Å². The normalized spacial score (nSPS) is 11.2. The molecule has 0 aliphatic rings. The summed E-state index contributed by atoms with van der Waals surface area (Å²) in [5, 5.41) is 9.00. The second kappa shape index (κ2) is 5.61. The number of carbonyl (C=O) groups is 1. The van der Waals surface area contributed by atoms with E-state index in [4.69, 9.17) is 14.6 Å². The molecule has 0 atom stereocenters.